The van der Waals surface area contributed by atoms with E-state index in [2.05, 4.69) is 20.6 Å². The molecule has 1 aromatic carbocycles. The third-order valence-corrected chi connectivity index (χ3v) is 4.70. The van der Waals surface area contributed by atoms with Crippen LogP contribution in [0, 0.1) is 0 Å². The molecule has 0 bridgehead atoms. The van der Waals surface area contributed by atoms with E-state index >= 15 is 0 Å². The Morgan fingerprint density at radius 1 is 1.11 bits per heavy atom. The van der Waals surface area contributed by atoms with Gasteiger partial charge in [-0.15, -0.1) is 0 Å². The van der Waals surface area contributed by atoms with Crippen molar-refractivity contribution in [3.05, 3.63) is 46.9 Å². The summed E-state index contributed by atoms with van der Waals surface area (Å²) in [6.45, 7) is 0. The molecule has 1 amide bonds. The molecule has 0 unspecified atom stereocenters. The SMILES string of the molecule is O=C(NC1CCCCC1)c1cnc(Nc2ccc(Cl)c(C(F)(F)F)c2)cn1. The van der Waals surface area contributed by atoms with Crippen LogP contribution in [0.15, 0.2) is 30.6 Å². The number of aromatic nitrogens is 2. The summed E-state index contributed by atoms with van der Waals surface area (Å²) in [6, 6.07) is 3.61. The highest BCUT2D eigenvalue weighted by Gasteiger charge is 2.33. The van der Waals surface area contributed by atoms with Gasteiger partial charge in [-0.25, -0.2) is 9.97 Å². The lowest BCUT2D eigenvalue weighted by molar-refractivity contribution is -0.137. The Balaban J connectivity index is 1.66. The molecule has 0 radical (unpaired) electrons. The van der Waals surface area contributed by atoms with E-state index in [-0.39, 0.29) is 34.2 Å². The second kappa shape index (κ2) is 8.12. The number of nitrogens with zero attached hydrogens (tertiary/aromatic N) is 2. The van der Waals surface area contributed by atoms with Gasteiger partial charge in [-0.3, -0.25) is 4.79 Å². The summed E-state index contributed by atoms with van der Waals surface area (Å²) in [5.41, 5.74) is -0.607. The minimum atomic E-state index is -4.55. The number of halogens is 4. The molecule has 9 heteroatoms. The van der Waals surface area contributed by atoms with Crippen LogP contribution in [-0.2, 0) is 6.18 Å². The average molecular weight is 399 g/mol. The number of carbonyl (C=O) groups excluding carboxylic acids is 1. The molecule has 144 valence electrons. The van der Waals surface area contributed by atoms with Crippen molar-refractivity contribution in [2.45, 2.75) is 44.3 Å². The fourth-order valence-electron chi connectivity index (χ4n) is 2.98. The van der Waals surface area contributed by atoms with Crippen LogP contribution in [0.3, 0.4) is 0 Å². The molecule has 5 nitrogen and oxygen atoms in total. The van der Waals surface area contributed by atoms with Crippen molar-refractivity contribution in [2.75, 3.05) is 5.32 Å². The number of anilines is 2. The summed E-state index contributed by atoms with van der Waals surface area (Å²) in [4.78, 5) is 20.3. The summed E-state index contributed by atoms with van der Waals surface area (Å²) in [7, 11) is 0. The van der Waals surface area contributed by atoms with Crippen molar-refractivity contribution in [3.8, 4) is 0 Å². The maximum atomic E-state index is 12.9. The molecule has 0 atom stereocenters. The highest BCUT2D eigenvalue weighted by atomic mass is 35.5. The average Bonchev–Trinajstić information content (AvgIpc) is 2.64. The van der Waals surface area contributed by atoms with Crippen molar-refractivity contribution < 1.29 is 18.0 Å². The first-order chi connectivity index (χ1) is 12.8. The van der Waals surface area contributed by atoms with E-state index < -0.39 is 11.7 Å². The van der Waals surface area contributed by atoms with Crippen molar-refractivity contribution in [1.82, 2.24) is 15.3 Å². The molecular formula is C18H18ClF3N4O. The lowest BCUT2D eigenvalue weighted by Gasteiger charge is -2.22. The van der Waals surface area contributed by atoms with Crippen LogP contribution >= 0.6 is 11.6 Å². The molecule has 1 saturated carbocycles. The molecular weight excluding hydrogens is 381 g/mol. The van der Waals surface area contributed by atoms with Gasteiger partial charge < -0.3 is 10.6 Å². The Morgan fingerprint density at radius 3 is 2.48 bits per heavy atom. The Hall–Kier alpha value is -2.35. The van der Waals surface area contributed by atoms with Crippen LogP contribution < -0.4 is 10.6 Å². The van der Waals surface area contributed by atoms with E-state index in [4.69, 9.17) is 11.6 Å². The lowest BCUT2D eigenvalue weighted by atomic mass is 9.95. The summed E-state index contributed by atoms with van der Waals surface area (Å²) in [6.07, 6.45) is 3.34. The summed E-state index contributed by atoms with van der Waals surface area (Å²) in [5, 5.41) is 5.28. The number of alkyl halides is 3. The van der Waals surface area contributed by atoms with Crippen LogP contribution in [0.2, 0.25) is 5.02 Å². The summed E-state index contributed by atoms with van der Waals surface area (Å²) in [5.74, 6) is -0.0773. The van der Waals surface area contributed by atoms with Gasteiger partial charge in [0, 0.05) is 11.7 Å². The predicted octanol–water partition coefficient (Wildman–Crippen LogP) is 4.95. The number of carbonyl (C=O) groups is 1. The zero-order valence-corrected chi connectivity index (χ0v) is 15.1. The van der Waals surface area contributed by atoms with E-state index in [1.807, 2.05) is 0 Å². The zero-order valence-electron chi connectivity index (χ0n) is 14.3. The normalized spacial score (nSPS) is 15.4. The van der Waals surface area contributed by atoms with Crippen molar-refractivity contribution in [3.63, 3.8) is 0 Å². The van der Waals surface area contributed by atoms with Gasteiger partial charge in [0.15, 0.2) is 0 Å². The Morgan fingerprint density at radius 2 is 1.85 bits per heavy atom. The van der Waals surface area contributed by atoms with E-state index in [1.54, 1.807) is 0 Å². The van der Waals surface area contributed by atoms with E-state index in [0.29, 0.717) is 0 Å². The lowest BCUT2D eigenvalue weighted by Crippen LogP contribution is -2.36. The van der Waals surface area contributed by atoms with Crippen LogP contribution in [-0.4, -0.2) is 21.9 Å². The smallest absolute Gasteiger partial charge is 0.348 e. The van der Waals surface area contributed by atoms with E-state index in [1.165, 1.54) is 24.9 Å². The molecule has 3 rings (SSSR count). The second-order valence-electron chi connectivity index (χ2n) is 6.41. The molecule has 0 saturated heterocycles. The molecule has 1 aromatic heterocycles. The zero-order chi connectivity index (χ0) is 19.4. The Bertz CT molecular complexity index is 805. The maximum absolute atomic E-state index is 12.9. The Labute approximate surface area is 159 Å². The number of rotatable bonds is 4. The molecule has 0 spiro atoms. The first-order valence-electron chi connectivity index (χ1n) is 8.59. The number of benzene rings is 1. The second-order valence-corrected chi connectivity index (χ2v) is 6.82. The topological polar surface area (TPSA) is 66.9 Å². The molecule has 2 N–H and O–H groups in total. The number of hydrogen-bond donors (Lipinski definition) is 2. The predicted molar refractivity (Wildman–Crippen MR) is 96.1 cm³/mol. The maximum Gasteiger partial charge on any atom is 0.417 e. The quantitative estimate of drug-likeness (QED) is 0.764. The van der Waals surface area contributed by atoms with Crippen LogP contribution in [0.25, 0.3) is 0 Å². The van der Waals surface area contributed by atoms with Crippen LogP contribution in [0.1, 0.15) is 48.2 Å². The van der Waals surface area contributed by atoms with Crippen LogP contribution in [0.5, 0.6) is 0 Å². The van der Waals surface area contributed by atoms with Gasteiger partial charge in [-0.05, 0) is 31.0 Å². The Kier molecular flexibility index (Phi) is 5.84. The van der Waals surface area contributed by atoms with Crippen LogP contribution in [0.4, 0.5) is 24.7 Å². The highest BCUT2D eigenvalue weighted by Crippen LogP contribution is 2.36. The number of hydrogen-bond acceptors (Lipinski definition) is 4. The largest absolute Gasteiger partial charge is 0.417 e. The third-order valence-electron chi connectivity index (χ3n) is 4.37. The summed E-state index contributed by atoms with van der Waals surface area (Å²) >= 11 is 5.60. The monoisotopic (exact) mass is 398 g/mol. The van der Waals surface area contributed by atoms with Gasteiger partial charge >= 0.3 is 6.18 Å². The standard InChI is InChI=1S/C18H18ClF3N4O/c19-14-7-6-12(8-13(14)18(20,21)22)25-16-10-23-15(9-24-16)17(27)26-11-4-2-1-3-5-11/h6-11H,1-5H2,(H,24,25)(H,26,27). The van der Waals surface area contributed by atoms with Gasteiger partial charge in [-0.1, -0.05) is 30.9 Å². The minimum Gasteiger partial charge on any atom is -0.348 e. The van der Waals surface area contributed by atoms with Crippen molar-refractivity contribution in [1.29, 1.82) is 0 Å². The van der Waals surface area contributed by atoms with Gasteiger partial charge in [0.25, 0.3) is 5.91 Å². The van der Waals surface area contributed by atoms with Gasteiger partial charge in [0.1, 0.15) is 11.5 Å². The van der Waals surface area contributed by atoms with Gasteiger partial charge in [0.05, 0.1) is 23.0 Å². The fourth-order valence-corrected chi connectivity index (χ4v) is 3.21. The van der Waals surface area contributed by atoms with Gasteiger partial charge in [0.2, 0.25) is 0 Å². The van der Waals surface area contributed by atoms with Crippen molar-refractivity contribution >= 4 is 29.0 Å². The van der Waals surface area contributed by atoms with Gasteiger partial charge in [-0.2, -0.15) is 13.2 Å². The molecule has 2 aromatic rings. The van der Waals surface area contributed by atoms with E-state index in [9.17, 15) is 18.0 Å². The van der Waals surface area contributed by atoms with E-state index in [0.717, 1.165) is 37.8 Å². The van der Waals surface area contributed by atoms with Crippen molar-refractivity contribution in [2.24, 2.45) is 0 Å². The fraction of sp³-hybridized carbons (Fsp3) is 0.389. The molecule has 1 aliphatic rings. The first-order valence-corrected chi connectivity index (χ1v) is 8.97. The minimum absolute atomic E-state index is 0.153. The molecule has 27 heavy (non-hydrogen) atoms. The first kappa shape index (κ1) is 19.4. The third kappa shape index (κ3) is 5.09. The molecule has 1 heterocycles. The molecule has 1 aliphatic carbocycles. The number of nitrogens with one attached hydrogen (secondary N) is 2. The highest BCUT2D eigenvalue weighted by molar-refractivity contribution is 6.31. The molecule has 0 aliphatic heterocycles. The molecule has 1 fully saturated rings. The summed E-state index contributed by atoms with van der Waals surface area (Å²) < 4.78 is 38.8. The number of amides is 1.